The van der Waals surface area contributed by atoms with E-state index in [1.807, 2.05) is 24.3 Å². The highest BCUT2D eigenvalue weighted by Crippen LogP contribution is 2.39. The highest BCUT2D eigenvalue weighted by molar-refractivity contribution is 6.32. The lowest BCUT2D eigenvalue weighted by atomic mass is 9.85. The van der Waals surface area contributed by atoms with Gasteiger partial charge in [0, 0.05) is 56.3 Å². The van der Waals surface area contributed by atoms with Crippen molar-refractivity contribution in [1.82, 2.24) is 4.90 Å². The van der Waals surface area contributed by atoms with Crippen LogP contribution < -0.4 is 14.4 Å². The molecule has 2 atom stereocenters. The Balaban J connectivity index is 1.57. The number of Topliss-reactive ketones (excluding diaryl/α,β-unsaturated/α-hetero) is 1. The first kappa shape index (κ1) is 22.7. The predicted octanol–water partition coefficient (Wildman–Crippen LogP) is 5.13. The lowest BCUT2D eigenvalue weighted by Gasteiger charge is -2.49. The number of methoxy groups -OCH3 is 1. The van der Waals surface area contributed by atoms with Crippen molar-refractivity contribution in [1.29, 1.82) is 0 Å². The van der Waals surface area contributed by atoms with Gasteiger partial charge in [0.15, 0.2) is 0 Å². The molecular weight excluding hydrogens is 424 g/mol. The number of carbonyl (C=O) groups is 1. The third-order valence-electron chi connectivity index (χ3n) is 6.81. The molecule has 0 aromatic heterocycles. The maximum Gasteiger partial charge on any atom is 0.139 e. The van der Waals surface area contributed by atoms with Crippen molar-refractivity contribution in [2.24, 2.45) is 0 Å². The summed E-state index contributed by atoms with van der Waals surface area (Å²) in [6.07, 6.45) is 2.91. The van der Waals surface area contributed by atoms with E-state index >= 15 is 0 Å². The van der Waals surface area contributed by atoms with Crippen LogP contribution in [-0.4, -0.2) is 50.1 Å². The van der Waals surface area contributed by atoms with Crippen LogP contribution in [0.1, 0.15) is 35.6 Å². The molecule has 4 rings (SSSR count). The fraction of sp³-hybridized carbons (Fsp3) is 0.423. The van der Waals surface area contributed by atoms with Gasteiger partial charge in [-0.15, -0.1) is 0 Å². The molecule has 2 aromatic rings. The molecule has 2 saturated heterocycles. The molecule has 5 nitrogen and oxygen atoms in total. The number of anilines is 1. The lowest BCUT2D eigenvalue weighted by Crippen LogP contribution is -2.57. The Labute approximate surface area is 195 Å². The molecule has 2 aliphatic heterocycles. The summed E-state index contributed by atoms with van der Waals surface area (Å²) in [6, 6.07) is 10.3. The molecule has 0 N–H and O–H groups in total. The predicted molar refractivity (Wildman–Crippen MR) is 129 cm³/mol. The Morgan fingerprint density at radius 1 is 1.12 bits per heavy atom. The van der Waals surface area contributed by atoms with Crippen LogP contribution in [0.3, 0.4) is 0 Å². The van der Waals surface area contributed by atoms with Crippen LogP contribution in [0, 0.1) is 13.8 Å². The first-order valence-corrected chi connectivity index (χ1v) is 11.5. The summed E-state index contributed by atoms with van der Waals surface area (Å²) in [5.74, 6) is 1.89. The summed E-state index contributed by atoms with van der Waals surface area (Å²) < 4.78 is 11.2. The minimum Gasteiger partial charge on any atom is -0.495 e. The van der Waals surface area contributed by atoms with Gasteiger partial charge in [0.25, 0.3) is 0 Å². The third kappa shape index (κ3) is 4.37. The normalized spacial score (nSPS) is 21.2. The van der Waals surface area contributed by atoms with E-state index in [0.717, 1.165) is 36.6 Å². The third-order valence-corrected chi connectivity index (χ3v) is 7.12. The minimum atomic E-state index is 0.107. The van der Waals surface area contributed by atoms with Crippen molar-refractivity contribution < 1.29 is 14.3 Å². The smallest absolute Gasteiger partial charge is 0.139 e. The minimum absolute atomic E-state index is 0.107. The summed E-state index contributed by atoms with van der Waals surface area (Å²) >= 11 is 6.21. The Morgan fingerprint density at radius 2 is 1.94 bits per heavy atom. The van der Waals surface area contributed by atoms with Crippen LogP contribution in [0.4, 0.5) is 5.69 Å². The molecule has 170 valence electrons. The molecule has 0 amide bonds. The van der Waals surface area contributed by atoms with Crippen molar-refractivity contribution in [3.63, 3.8) is 0 Å². The fourth-order valence-corrected chi connectivity index (χ4v) is 5.19. The number of fused-ring (bicyclic) bond motifs is 1. The van der Waals surface area contributed by atoms with Gasteiger partial charge >= 0.3 is 0 Å². The largest absolute Gasteiger partial charge is 0.495 e. The molecule has 2 unspecified atom stereocenters. The number of ketones is 1. The van der Waals surface area contributed by atoms with Gasteiger partial charge in [0.1, 0.15) is 23.9 Å². The molecule has 0 radical (unpaired) electrons. The monoisotopic (exact) mass is 454 g/mol. The van der Waals surface area contributed by atoms with Crippen LogP contribution in [0.25, 0.3) is 0 Å². The maximum absolute atomic E-state index is 12.8. The molecule has 6 heteroatoms. The van der Waals surface area contributed by atoms with Crippen LogP contribution in [-0.2, 0) is 4.79 Å². The molecule has 0 bridgehead atoms. The first-order valence-electron chi connectivity index (χ1n) is 11.1. The summed E-state index contributed by atoms with van der Waals surface area (Å²) in [6.45, 7) is 11.0. The summed E-state index contributed by atoms with van der Waals surface area (Å²) in [5, 5.41) is 0.606. The number of hydrogen-bond donors (Lipinski definition) is 0. The number of halogens is 1. The highest BCUT2D eigenvalue weighted by atomic mass is 35.5. The van der Waals surface area contributed by atoms with Crippen LogP contribution >= 0.6 is 11.6 Å². The average molecular weight is 455 g/mol. The van der Waals surface area contributed by atoms with Crippen LogP contribution in [0.5, 0.6) is 11.5 Å². The molecular formula is C26H31ClN2O3. The molecule has 2 fully saturated rings. The second-order valence-electron chi connectivity index (χ2n) is 8.62. The topological polar surface area (TPSA) is 42.0 Å². The summed E-state index contributed by atoms with van der Waals surface area (Å²) in [4.78, 5) is 17.6. The Morgan fingerprint density at radius 3 is 2.69 bits per heavy atom. The average Bonchev–Trinajstić information content (AvgIpc) is 2.79. The fourth-order valence-electron chi connectivity index (χ4n) is 4.99. The van der Waals surface area contributed by atoms with Crippen molar-refractivity contribution in [2.45, 2.75) is 38.8 Å². The van der Waals surface area contributed by atoms with E-state index in [9.17, 15) is 4.79 Å². The van der Waals surface area contributed by atoms with Gasteiger partial charge in [-0.3, -0.25) is 9.69 Å². The van der Waals surface area contributed by atoms with Gasteiger partial charge in [0.05, 0.1) is 12.1 Å². The number of benzene rings is 2. The SMILES string of the molecule is C=CCOc1ccc(C2CC(=O)CC3CN(c4ccc(Cl)c(OC)c4)CCN32)c(C)c1C. The number of nitrogens with zero attached hydrogens (tertiary/aromatic N) is 2. The van der Waals surface area contributed by atoms with Gasteiger partial charge < -0.3 is 14.4 Å². The number of hydrogen-bond acceptors (Lipinski definition) is 5. The second kappa shape index (κ2) is 9.55. The van der Waals surface area contributed by atoms with Gasteiger partial charge in [-0.05, 0) is 48.7 Å². The van der Waals surface area contributed by atoms with E-state index < -0.39 is 0 Å². The van der Waals surface area contributed by atoms with E-state index in [2.05, 4.69) is 36.3 Å². The van der Waals surface area contributed by atoms with Crippen molar-refractivity contribution in [2.75, 3.05) is 38.3 Å². The van der Waals surface area contributed by atoms with Crippen LogP contribution in [0.2, 0.25) is 5.02 Å². The Bertz CT molecular complexity index is 1020. The zero-order valence-corrected chi connectivity index (χ0v) is 19.8. The van der Waals surface area contributed by atoms with Crippen LogP contribution in [0.15, 0.2) is 43.0 Å². The number of ether oxygens (including phenoxy) is 2. The molecule has 2 aromatic carbocycles. The maximum atomic E-state index is 12.8. The number of carbonyl (C=O) groups excluding carboxylic acids is 1. The van der Waals surface area contributed by atoms with Crippen molar-refractivity contribution in [3.8, 4) is 11.5 Å². The van der Waals surface area contributed by atoms with Gasteiger partial charge in [-0.1, -0.05) is 30.3 Å². The Kier molecular flexibility index (Phi) is 6.77. The zero-order chi connectivity index (χ0) is 22.8. The standard InChI is InChI=1S/C26H31ClN2O3/c1-5-12-32-25-9-7-22(17(2)18(25)3)24-15-21(30)13-20-16-28(10-11-29(20)24)19-6-8-23(27)26(14-19)31-4/h5-9,14,20,24H,1,10-13,15-16H2,2-4H3. The number of rotatable bonds is 6. The highest BCUT2D eigenvalue weighted by Gasteiger charge is 2.39. The summed E-state index contributed by atoms with van der Waals surface area (Å²) in [5.41, 5.74) is 4.64. The van der Waals surface area contributed by atoms with E-state index in [1.165, 1.54) is 11.1 Å². The first-order chi connectivity index (χ1) is 15.4. The molecule has 32 heavy (non-hydrogen) atoms. The molecule has 0 aliphatic carbocycles. The number of piperidine rings is 1. The van der Waals surface area contributed by atoms with E-state index in [1.54, 1.807) is 13.2 Å². The van der Waals surface area contributed by atoms with E-state index in [-0.39, 0.29) is 12.1 Å². The molecule has 2 heterocycles. The molecule has 0 spiro atoms. The summed E-state index contributed by atoms with van der Waals surface area (Å²) in [7, 11) is 1.63. The quantitative estimate of drug-likeness (QED) is 0.566. The van der Waals surface area contributed by atoms with E-state index in [4.69, 9.17) is 21.1 Å². The molecule has 0 saturated carbocycles. The van der Waals surface area contributed by atoms with E-state index in [0.29, 0.717) is 36.0 Å². The number of piperazine rings is 1. The zero-order valence-electron chi connectivity index (χ0n) is 19.1. The Hall–Kier alpha value is -2.50. The van der Waals surface area contributed by atoms with Crippen molar-refractivity contribution >= 4 is 23.1 Å². The second-order valence-corrected chi connectivity index (χ2v) is 9.03. The van der Waals surface area contributed by atoms with Gasteiger partial charge in [-0.2, -0.15) is 0 Å². The lowest BCUT2D eigenvalue weighted by molar-refractivity contribution is -0.125. The molecule has 2 aliphatic rings. The van der Waals surface area contributed by atoms with Gasteiger partial charge in [-0.25, -0.2) is 0 Å². The van der Waals surface area contributed by atoms with Gasteiger partial charge in [0.2, 0.25) is 0 Å². The van der Waals surface area contributed by atoms with Crippen molar-refractivity contribution in [3.05, 3.63) is 64.7 Å².